The molecule has 3 nitrogen and oxygen atoms in total. The van der Waals surface area contributed by atoms with Crippen molar-refractivity contribution in [3.8, 4) is 0 Å². The minimum absolute atomic E-state index is 0.00579. The molecule has 12 heavy (non-hydrogen) atoms. The maximum absolute atomic E-state index is 11.5. The molecule has 4 atom stereocenters. The Hall–Kier alpha value is -0.0900. The van der Waals surface area contributed by atoms with E-state index in [9.17, 15) is 8.42 Å². The van der Waals surface area contributed by atoms with Crippen molar-refractivity contribution < 1.29 is 12.6 Å². The van der Waals surface area contributed by atoms with Crippen LogP contribution in [0.3, 0.4) is 0 Å². The van der Waals surface area contributed by atoms with E-state index in [1.54, 1.807) is 0 Å². The van der Waals surface area contributed by atoms with Gasteiger partial charge >= 0.3 is 0 Å². The second-order valence-corrected chi connectivity index (χ2v) is 6.36. The van der Waals surface area contributed by atoms with E-state index in [-0.39, 0.29) is 16.8 Å². The van der Waals surface area contributed by atoms with Crippen LogP contribution in [0, 0.1) is 11.3 Å². The summed E-state index contributed by atoms with van der Waals surface area (Å²) >= 11 is 0. The van der Waals surface area contributed by atoms with Crippen LogP contribution in [0.25, 0.3) is 0 Å². The predicted molar refractivity (Wildman–Crippen MR) is 43.0 cm³/mol. The van der Waals surface area contributed by atoms with E-state index in [4.69, 9.17) is 4.18 Å². The van der Waals surface area contributed by atoms with Crippen molar-refractivity contribution >= 4 is 10.1 Å². The third-order valence-electron chi connectivity index (χ3n) is 3.89. The van der Waals surface area contributed by atoms with E-state index in [0.29, 0.717) is 5.92 Å². The summed E-state index contributed by atoms with van der Waals surface area (Å²) in [6.45, 7) is 2.07. The summed E-state index contributed by atoms with van der Waals surface area (Å²) in [5.74, 6) is 0.613. The molecule has 4 heteroatoms. The highest BCUT2D eigenvalue weighted by Gasteiger charge is 2.66. The number of hydrogen-bond donors (Lipinski definition) is 0. The van der Waals surface area contributed by atoms with Gasteiger partial charge in [-0.1, -0.05) is 6.92 Å². The van der Waals surface area contributed by atoms with Crippen LogP contribution in [0.15, 0.2) is 0 Å². The van der Waals surface area contributed by atoms with Crippen molar-refractivity contribution in [1.82, 2.24) is 0 Å². The van der Waals surface area contributed by atoms with Crippen LogP contribution in [0.1, 0.15) is 26.2 Å². The molecule has 0 N–H and O–H groups in total. The molecule has 68 valence electrons. The molecule has 0 aromatic carbocycles. The smallest absolute Gasteiger partial charge is 0.266 e. The Bertz CT molecular complexity index is 334. The Kier molecular flexibility index (Phi) is 1.05. The normalized spacial score (nSPS) is 59.6. The highest BCUT2D eigenvalue weighted by Crippen LogP contribution is 2.62. The van der Waals surface area contributed by atoms with Crippen LogP contribution in [-0.4, -0.2) is 19.8 Å². The van der Waals surface area contributed by atoms with Crippen LogP contribution < -0.4 is 0 Å². The van der Waals surface area contributed by atoms with Gasteiger partial charge in [0.05, 0.1) is 11.4 Å². The van der Waals surface area contributed by atoms with Gasteiger partial charge in [0.15, 0.2) is 0 Å². The van der Waals surface area contributed by atoms with Crippen LogP contribution in [0.4, 0.5) is 0 Å². The summed E-state index contributed by atoms with van der Waals surface area (Å²) in [4.78, 5) is 0. The molecule has 0 aromatic heterocycles. The first-order valence-corrected chi connectivity index (χ1v) is 5.91. The summed E-state index contributed by atoms with van der Waals surface area (Å²) < 4.78 is 28.0. The van der Waals surface area contributed by atoms with Crippen molar-refractivity contribution in [3.63, 3.8) is 0 Å². The Balaban J connectivity index is 2.20. The van der Waals surface area contributed by atoms with Crippen LogP contribution in [0.5, 0.6) is 0 Å². The van der Waals surface area contributed by atoms with Gasteiger partial charge in [-0.2, -0.15) is 8.42 Å². The fourth-order valence-electron chi connectivity index (χ4n) is 3.32. The Morgan fingerprint density at radius 1 is 1.42 bits per heavy atom. The zero-order chi connectivity index (χ0) is 8.56. The molecule has 0 radical (unpaired) electrons. The zero-order valence-electron chi connectivity index (χ0n) is 6.99. The zero-order valence-corrected chi connectivity index (χ0v) is 7.80. The fraction of sp³-hybridized carbons (Fsp3) is 1.00. The van der Waals surface area contributed by atoms with E-state index in [1.165, 1.54) is 0 Å². The monoisotopic (exact) mass is 188 g/mol. The second kappa shape index (κ2) is 1.73. The highest BCUT2D eigenvalue weighted by molar-refractivity contribution is 7.87. The van der Waals surface area contributed by atoms with Gasteiger partial charge in [0.25, 0.3) is 10.1 Å². The van der Waals surface area contributed by atoms with Crippen molar-refractivity contribution in [2.45, 2.75) is 37.5 Å². The summed E-state index contributed by atoms with van der Waals surface area (Å²) in [7, 11) is -3.19. The molecule has 2 aliphatic carbocycles. The van der Waals surface area contributed by atoms with Crippen molar-refractivity contribution in [3.05, 3.63) is 0 Å². The second-order valence-electron chi connectivity index (χ2n) is 4.61. The van der Waals surface area contributed by atoms with E-state index in [2.05, 4.69) is 6.92 Å². The minimum Gasteiger partial charge on any atom is -0.266 e. The Morgan fingerprint density at radius 3 is 2.67 bits per heavy atom. The summed E-state index contributed by atoms with van der Waals surface area (Å²) in [5.41, 5.74) is -0.0382. The number of fused-ring (bicyclic) bond motifs is 1. The Morgan fingerprint density at radius 2 is 2.17 bits per heavy atom. The van der Waals surface area contributed by atoms with E-state index in [0.717, 1.165) is 19.3 Å². The first-order chi connectivity index (χ1) is 5.52. The molecule has 2 saturated carbocycles. The van der Waals surface area contributed by atoms with Crippen LogP contribution >= 0.6 is 0 Å². The van der Waals surface area contributed by atoms with E-state index >= 15 is 0 Å². The standard InChI is InChI=1S/C8H12O3S/c1-8-4-5-2-6(8)11-12(9,10)7(8)3-5/h5-7H,2-4H2,1H3. The average Bonchev–Trinajstić information content (AvgIpc) is 2.39. The molecule has 3 aliphatic rings. The van der Waals surface area contributed by atoms with Gasteiger partial charge in [-0.15, -0.1) is 0 Å². The third kappa shape index (κ3) is 0.610. The molecule has 0 amide bonds. The fourth-order valence-corrected chi connectivity index (χ4v) is 5.50. The van der Waals surface area contributed by atoms with Gasteiger partial charge in [0, 0.05) is 5.41 Å². The van der Waals surface area contributed by atoms with Gasteiger partial charge in [0.1, 0.15) is 0 Å². The highest BCUT2D eigenvalue weighted by atomic mass is 32.2. The lowest BCUT2D eigenvalue weighted by Crippen LogP contribution is -2.32. The molecule has 4 unspecified atom stereocenters. The van der Waals surface area contributed by atoms with Crippen molar-refractivity contribution in [1.29, 1.82) is 0 Å². The van der Waals surface area contributed by atoms with E-state index in [1.807, 2.05) is 0 Å². The lowest BCUT2D eigenvalue weighted by Gasteiger charge is -2.23. The molecule has 3 rings (SSSR count). The minimum atomic E-state index is -3.19. The van der Waals surface area contributed by atoms with Crippen molar-refractivity contribution in [2.75, 3.05) is 0 Å². The van der Waals surface area contributed by atoms with Gasteiger partial charge in [-0.25, -0.2) is 0 Å². The topological polar surface area (TPSA) is 43.4 Å². The molecule has 0 aromatic rings. The summed E-state index contributed by atoms with van der Waals surface area (Å²) in [6.07, 6.45) is 2.87. The third-order valence-corrected chi connectivity index (χ3v) is 5.82. The average molecular weight is 188 g/mol. The van der Waals surface area contributed by atoms with Gasteiger partial charge in [0.2, 0.25) is 0 Å². The molecular weight excluding hydrogens is 176 g/mol. The molecular formula is C8H12O3S. The lowest BCUT2D eigenvalue weighted by molar-refractivity contribution is 0.134. The first-order valence-electron chi connectivity index (χ1n) is 4.44. The molecule has 0 spiro atoms. The number of rotatable bonds is 0. The largest absolute Gasteiger partial charge is 0.271 e. The summed E-state index contributed by atoms with van der Waals surface area (Å²) in [6, 6.07) is 0. The quantitative estimate of drug-likeness (QED) is 0.530. The molecule has 1 saturated heterocycles. The maximum atomic E-state index is 11.5. The number of hydrogen-bond acceptors (Lipinski definition) is 3. The van der Waals surface area contributed by atoms with Crippen LogP contribution in [0.2, 0.25) is 0 Å². The van der Waals surface area contributed by atoms with E-state index < -0.39 is 10.1 Å². The SMILES string of the molecule is CC12CC3CC1OS(=O)(=O)C2C3. The molecule has 1 aliphatic heterocycles. The Labute approximate surface area is 72.2 Å². The van der Waals surface area contributed by atoms with Gasteiger partial charge < -0.3 is 0 Å². The molecule has 1 heterocycles. The first kappa shape index (κ1) is 7.33. The molecule has 3 fully saturated rings. The van der Waals surface area contributed by atoms with Crippen LogP contribution in [-0.2, 0) is 14.3 Å². The van der Waals surface area contributed by atoms with Crippen molar-refractivity contribution in [2.24, 2.45) is 11.3 Å². The van der Waals surface area contributed by atoms with Gasteiger partial charge in [-0.3, -0.25) is 4.18 Å². The lowest BCUT2D eigenvalue weighted by atomic mass is 9.84. The predicted octanol–water partition coefficient (Wildman–Crippen LogP) is 0.904. The van der Waals surface area contributed by atoms with Gasteiger partial charge in [-0.05, 0) is 25.2 Å². The summed E-state index contributed by atoms with van der Waals surface area (Å²) in [5, 5.41) is -0.186. The molecule has 2 bridgehead atoms. The maximum Gasteiger partial charge on any atom is 0.271 e.